The van der Waals surface area contributed by atoms with E-state index in [9.17, 15) is 30.3 Å². The molecule has 7 unspecified atom stereocenters. The van der Waals surface area contributed by atoms with Crippen molar-refractivity contribution >= 4 is 5.91 Å². The fraction of sp³-hybridized carbons (Fsp3) is 0.910. The number of aliphatic hydroxyl groups is 5. The van der Waals surface area contributed by atoms with Gasteiger partial charge in [-0.25, -0.2) is 0 Å². The lowest BCUT2D eigenvalue weighted by Crippen LogP contribution is -2.60. The molecule has 7 atom stereocenters. The van der Waals surface area contributed by atoms with Crippen LogP contribution in [0.5, 0.6) is 0 Å². The molecule has 0 saturated carbocycles. The molecular formula is C78H149NO8. The Morgan fingerprint density at radius 3 is 0.966 bits per heavy atom. The smallest absolute Gasteiger partial charge is 0.220 e. The highest BCUT2D eigenvalue weighted by atomic mass is 16.7. The van der Waals surface area contributed by atoms with Crippen molar-refractivity contribution in [2.45, 2.75) is 442 Å². The summed E-state index contributed by atoms with van der Waals surface area (Å²) in [5.74, 6) is -0.182. The highest BCUT2D eigenvalue weighted by Gasteiger charge is 2.44. The maximum atomic E-state index is 13.1. The van der Waals surface area contributed by atoms with Crippen molar-refractivity contribution in [3.63, 3.8) is 0 Å². The van der Waals surface area contributed by atoms with E-state index in [-0.39, 0.29) is 12.5 Å². The second kappa shape index (κ2) is 67.3. The second-order valence-electron chi connectivity index (χ2n) is 27.1. The van der Waals surface area contributed by atoms with E-state index in [0.717, 1.165) is 44.9 Å². The summed E-state index contributed by atoms with van der Waals surface area (Å²) in [4.78, 5) is 13.1. The maximum absolute atomic E-state index is 13.1. The zero-order valence-electron chi connectivity index (χ0n) is 57.8. The Bertz CT molecular complexity index is 1470. The number of rotatable bonds is 69. The Morgan fingerprint density at radius 1 is 0.379 bits per heavy atom. The van der Waals surface area contributed by atoms with E-state index >= 15 is 0 Å². The van der Waals surface area contributed by atoms with Gasteiger partial charge in [-0.1, -0.05) is 384 Å². The zero-order chi connectivity index (χ0) is 62.8. The van der Waals surface area contributed by atoms with Gasteiger partial charge in [-0.05, 0) is 44.9 Å². The number of unbranched alkanes of at least 4 members (excludes halogenated alkanes) is 55. The highest BCUT2D eigenvalue weighted by molar-refractivity contribution is 5.76. The van der Waals surface area contributed by atoms with Gasteiger partial charge in [-0.2, -0.15) is 0 Å². The van der Waals surface area contributed by atoms with Crippen LogP contribution in [-0.2, 0) is 14.3 Å². The fourth-order valence-electron chi connectivity index (χ4n) is 12.7. The summed E-state index contributed by atoms with van der Waals surface area (Å²) in [6.45, 7) is 3.83. The van der Waals surface area contributed by atoms with Crippen molar-refractivity contribution in [2.75, 3.05) is 13.2 Å². The van der Waals surface area contributed by atoms with Gasteiger partial charge in [-0.3, -0.25) is 4.79 Å². The molecule has 0 radical (unpaired) electrons. The van der Waals surface area contributed by atoms with Crippen LogP contribution in [0.1, 0.15) is 399 Å². The van der Waals surface area contributed by atoms with Gasteiger partial charge in [0.1, 0.15) is 24.4 Å². The van der Waals surface area contributed by atoms with Gasteiger partial charge in [-0.15, -0.1) is 0 Å². The average molecular weight is 1230 g/mol. The van der Waals surface area contributed by atoms with E-state index < -0.39 is 49.5 Å². The van der Waals surface area contributed by atoms with Gasteiger partial charge < -0.3 is 40.3 Å². The van der Waals surface area contributed by atoms with Crippen LogP contribution in [0.25, 0.3) is 0 Å². The first kappa shape index (κ1) is 83.4. The van der Waals surface area contributed by atoms with Crippen molar-refractivity contribution in [1.82, 2.24) is 5.32 Å². The number of carbonyl (C=O) groups is 1. The Hall–Kier alpha value is -1.59. The molecule has 1 fully saturated rings. The third-order valence-corrected chi connectivity index (χ3v) is 18.7. The van der Waals surface area contributed by atoms with Crippen LogP contribution in [0.3, 0.4) is 0 Å². The fourth-order valence-corrected chi connectivity index (χ4v) is 12.7. The van der Waals surface area contributed by atoms with E-state index in [1.807, 2.05) is 6.08 Å². The van der Waals surface area contributed by atoms with E-state index in [4.69, 9.17) is 9.47 Å². The third-order valence-electron chi connectivity index (χ3n) is 18.7. The summed E-state index contributed by atoms with van der Waals surface area (Å²) < 4.78 is 11.3. The monoisotopic (exact) mass is 1230 g/mol. The number of amides is 1. The highest BCUT2D eigenvalue weighted by Crippen LogP contribution is 2.24. The van der Waals surface area contributed by atoms with E-state index in [2.05, 4.69) is 43.5 Å². The lowest BCUT2D eigenvalue weighted by Gasteiger charge is -2.40. The zero-order valence-corrected chi connectivity index (χ0v) is 57.8. The molecule has 0 aromatic carbocycles. The van der Waals surface area contributed by atoms with Crippen LogP contribution >= 0.6 is 0 Å². The SMILES string of the molecule is CCCCCCCCCCCCCCCCCCCCCCCCC/C=C/CC/C=C/CC/C=C/C(O)C(COC1OC(CO)C(O)C(O)C1O)NC(=O)CCCCCCCCCCCCCCCCCCCCCCCCCCCCCCCCC. The van der Waals surface area contributed by atoms with Crippen molar-refractivity contribution < 1.29 is 39.8 Å². The summed E-state index contributed by atoms with van der Waals surface area (Å²) in [5.41, 5.74) is 0. The lowest BCUT2D eigenvalue weighted by atomic mass is 9.99. The minimum Gasteiger partial charge on any atom is -0.394 e. The normalized spacial score (nSPS) is 18.1. The number of allylic oxidation sites excluding steroid dienone is 5. The number of ether oxygens (including phenoxy) is 2. The van der Waals surface area contributed by atoms with Crippen molar-refractivity contribution in [1.29, 1.82) is 0 Å². The first-order valence-corrected chi connectivity index (χ1v) is 38.7. The Kier molecular flexibility index (Phi) is 64.5. The van der Waals surface area contributed by atoms with Crippen molar-refractivity contribution in [2.24, 2.45) is 0 Å². The summed E-state index contributed by atoms with van der Waals surface area (Å²) in [5, 5.41) is 54.8. The number of hydrogen-bond acceptors (Lipinski definition) is 8. The quantitative estimate of drug-likeness (QED) is 0.0261. The van der Waals surface area contributed by atoms with Gasteiger partial charge in [0, 0.05) is 6.42 Å². The molecule has 514 valence electrons. The van der Waals surface area contributed by atoms with Crippen LogP contribution in [0, 0.1) is 0 Å². The molecule has 0 spiro atoms. The van der Waals surface area contributed by atoms with Gasteiger partial charge >= 0.3 is 0 Å². The molecule has 0 aromatic rings. The summed E-state index contributed by atoms with van der Waals surface area (Å²) in [6, 6.07) is -0.829. The molecule has 1 aliphatic rings. The molecule has 9 nitrogen and oxygen atoms in total. The Balaban J connectivity index is 2.11. The van der Waals surface area contributed by atoms with Crippen molar-refractivity contribution in [3.05, 3.63) is 36.5 Å². The molecule has 9 heteroatoms. The Labute approximate surface area is 540 Å². The average Bonchev–Trinajstić information content (AvgIpc) is 3.37. The number of carbonyl (C=O) groups excluding carboxylic acids is 1. The van der Waals surface area contributed by atoms with Crippen LogP contribution < -0.4 is 5.32 Å². The van der Waals surface area contributed by atoms with Crippen LogP contribution in [-0.4, -0.2) is 87.5 Å². The molecule has 1 amide bonds. The number of aliphatic hydroxyl groups excluding tert-OH is 5. The molecule has 0 aliphatic carbocycles. The van der Waals surface area contributed by atoms with Crippen molar-refractivity contribution in [3.8, 4) is 0 Å². The van der Waals surface area contributed by atoms with E-state index in [1.54, 1.807) is 6.08 Å². The van der Waals surface area contributed by atoms with Gasteiger partial charge in [0.05, 0.1) is 25.4 Å². The summed E-state index contributed by atoms with van der Waals surface area (Å²) in [6.07, 6.45) is 84.4. The molecular weight excluding hydrogens is 1080 g/mol. The lowest BCUT2D eigenvalue weighted by molar-refractivity contribution is -0.302. The first-order valence-electron chi connectivity index (χ1n) is 38.7. The van der Waals surface area contributed by atoms with E-state index in [0.29, 0.717) is 6.42 Å². The van der Waals surface area contributed by atoms with E-state index in [1.165, 1.54) is 334 Å². The molecule has 1 saturated heterocycles. The number of nitrogens with one attached hydrogen (secondary N) is 1. The molecule has 0 aromatic heterocycles. The molecule has 6 N–H and O–H groups in total. The largest absolute Gasteiger partial charge is 0.394 e. The van der Waals surface area contributed by atoms with Crippen LogP contribution in [0.2, 0.25) is 0 Å². The van der Waals surface area contributed by atoms with Gasteiger partial charge in [0.15, 0.2) is 6.29 Å². The first-order chi connectivity index (χ1) is 42.8. The Morgan fingerprint density at radius 2 is 0.655 bits per heavy atom. The molecule has 1 aliphatic heterocycles. The molecule has 1 heterocycles. The van der Waals surface area contributed by atoms with Gasteiger partial charge in [0.25, 0.3) is 0 Å². The minimum absolute atomic E-state index is 0.182. The third kappa shape index (κ3) is 55.7. The summed E-state index contributed by atoms with van der Waals surface area (Å²) >= 11 is 0. The maximum Gasteiger partial charge on any atom is 0.220 e. The number of hydrogen-bond donors (Lipinski definition) is 6. The second-order valence-corrected chi connectivity index (χ2v) is 27.1. The predicted octanol–water partition coefficient (Wildman–Crippen LogP) is 21.8. The predicted molar refractivity (Wildman–Crippen MR) is 373 cm³/mol. The van der Waals surface area contributed by atoms with Crippen LogP contribution in [0.15, 0.2) is 36.5 Å². The molecule has 1 rings (SSSR count). The topological polar surface area (TPSA) is 149 Å². The molecule has 0 bridgehead atoms. The van der Waals surface area contributed by atoms with Crippen LogP contribution in [0.4, 0.5) is 0 Å². The standard InChI is InChI=1S/C78H149NO8/c1-3-5-7-9-11-13-15-17-19-21-23-25-27-29-31-33-35-36-38-39-41-43-45-47-49-51-53-55-57-59-61-63-65-67-72(81)71(70-86-78-77(85)76(84)75(83)73(69-80)87-78)79-74(82)68-66-64-62-60-58-56-54-52-50-48-46-44-42-40-37-34-32-30-28-26-24-22-20-18-16-14-12-10-8-6-4-2/h49,51,57,59,65,67,71-73,75-78,80-81,83-85H,3-48,50,52-56,58,60-64,66,68-70H2,1-2H3,(H,79,82)/b51-49+,59-57+,67-65+. The summed E-state index contributed by atoms with van der Waals surface area (Å²) in [7, 11) is 0. The molecule has 87 heavy (non-hydrogen) atoms. The van der Waals surface area contributed by atoms with Gasteiger partial charge in [0.2, 0.25) is 5.91 Å². The minimum atomic E-state index is -1.58.